The Bertz CT molecular complexity index is 757. The second-order valence-corrected chi connectivity index (χ2v) is 5.45. The van der Waals surface area contributed by atoms with E-state index in [1.54, 1.807) is 6.07 Å². The monoisotopic (exact) mass is 310 g/mol. The van der Waals surface area contributed by atoms with Crippen LogP contribution in [0.2, 0.25) is 0 Å². The molecule has 1 fully saturated rings. The third kappa shape index (κ3) is 2.47. The molecule has 1 heterocycles. The number of rotatable bonds is 3. The van der Waals surface area contributed by atoms with Crippen LogP contribution < -0.4 is 0 Å². The maximum absolute atomic E-state index is 13.9. The number of carbonyl (C=O) groups is 1. The van der Waals surface area contributed by atoms with Gasteiger partial charge in [0.25, 0.3) is 5.91 Å². The Morgan fingerprint density at radius 2 is 1.83 bits per heavy atom. The largest absolute Gasteiger partial charge is 0.394 e. The zero-order chi connectivity index (χ0) is 16.4. The van der Waals surface area contributed by atoms with E-state index in [0.717, 1.165) is 5.56 Å². The molecule has 2 aromatic rings. The zero-order valence-corrected chi connectivity index (χ0v) is 12.3. The maximum atomic E-state index is 13.9. The first-order chi connectivity index (χ1) is 11.2. The summed E-state index contributed by atoms with van der Waals surface area (Å²) >= 11 is 0. The molecule has 116 valence electrons. The number of hydrogen-bond acceptors (Lipinski definition) is 3. The second kappa shape index (κ2) is 6.19. The van der Waals surface area contributed by atoms with E-state index in [9.17, 15) is 19.6 Å². The molecule has 0 saturated carbocycles. The zero-order valence-electron chi connectivity index (χ0n) is 12.3. The Morgan fingerprint density at radius 3 is 2.43 bits per heavy atom. The van der Waals surface area contributed by atoms with Gasteiger partial charge in [0.2, 0.25) is 0 Å². The van der Waals surface area contributed by atoms with E-state index in [4.69, 9.17) is 0 Å². The highest BCUT2D eigenvalue weighted by molar-refractivity contribution is 5.96. The fraction of sp³-hybridized carbons (Fsp3) is 0.222. The minimum Gasteiger partial charge on any atom is -0.394 e. The van der Waals surface area contributed by atoms with Crippen molar-refractivity contribution in [3.63, 3.8) is 0 Å². The molecule has 2 aromatic carbocycles. The number of likely N-dealkylation sites (tertiary alicyclic amines) is 1. The minimum absolute atomic E-state index is 0.0855. The molecule has 1 N–H and O–H groups in total. The summed E-state index contributed by atoms with van der Waals surface area (Å²) in [6.45, 7) is -0.280. The van der Waals surface area contributed by atoms with E-state index >= 15 is 0 Å². The van der Waals surface area contributed by atoms with Gasteiger partial charge in [-0.1, -0.05) is 42.5 Å². The van der Waals surface area contributed by atoms with Gasteiger partial charge in [-0.2, -0.15) is 5.26 Å². The molecule has 0 unspecified atom stereocenters. The van der Waals surface area contributed by atoms with Crippen molar-refractivity contribution in [1.29, 1.82) is 5.26 Å². The molecule has 0 aliphatic carbocycles. The molecule has 0 bridgehead atoms. The summed E-state index contributed by atoms with van der Waals surface area (Å²) in [7, 11) is 0. The van der Waals surface area contributed by atoms with Crippen LogP contribution in [-0.2, 0) is 0 Å². The standard InChI is InChI=1S/C18H15FN2O2/c19-14-9-5-4-8-13(14)18(23)21-15(10-20)17(16(21)11-22)12-6-2-1-3-7-12/h1-9,15-17,22H,11H2/t15-,16-,17+/m1/s1. The number of halogens is 1. The maximum Gasteiger partial charge on any atom is 0.258 e. The Morgan fingerprint density at radius 1 is 1.17 bits per heavy atom. The third-order valence-corrected chi connectivity index (χ3v) is 4.25. The molecule has 4 nitrogen and oxygen atoms in total. The first-order valence-corrected chi connectivity index (χ1v) is 7.31. The quantitative estimate of drug-likeness (QED) is 0.946. The lowest BCUT2D eigenvalue weighted by atomic mass is 9.75. The SMILES string of the molecule is N#C[C@@H]1[C@H](c2ccccc2)[C@@H](CO)N1C(=O)c1ccccc1F. The van der Waals surface area contributed by atoms with Crippen molar-refractivity contribution in [2.45, 2.75) is 18.0 Å². The molecular formula is C18H15FN2O2. The average molecular weight is 310 g/mol. The van der Waals surface area contributed by atoms with E-state index in [-0.39, 0.29) is 18.1 Å². The van der Waals surface area contributed by atoms with Gasteiger partial charge in [-0.25, -0.2) is 4.39 Å². The lowest BCUT2D eigenvalue weighted by Crippen LogP contribution is -2.65. The summed E-state index contributed by atoms with van der Waals surface area (Å²) < 4.78 is 13.9. The predicted octanol–water partition coefficient (Wildman–Crippen LogP) is 2.32. The molecule has 3 atom stereocenters. The summed E-state index contributed by atoms with van der Waals surface area (Å²) in [6.07, 6.45) is 0. The van der Waals surface area contributed by atoms with Crippen molar-refractivity contribution < 1.29 is 14.3 Å². The van der Waals surface area contributed by atoms with Crippen molar-refractivity contribution in [3.05, 3.63) is 71.5 Å². The molecule has 5 heteroatoms. The summed E-state index contributed by atoms with van der Waals surface area (Å²) in [6, 6.07) is 15.8. The van der Waals surface area contributed by atoms with Crippen LogP contribution >= 0.6 is 0 Å². The molecule has 0 spiro atoms. The van der Waals surface area contributed by atoms with E-state index in [1.165, 1.54) is 23.1 Å². The topological polar surface area (TPSA) is 64.3 Å². The number of benzene rings is 2. The average Bonchev–Trinajstić information content (AvgIpc) is 2.56. The van der Waals surface area contributed by atoms with Crippen LogP contribution in [-0.4, -0.2) is 34.6 Å². The highest BCUT2D eigenvalue weighted by Crippen LogP contribution is 2.41. The normalized spacial score (nSPS) is 23.0. The molecule has 1 amide bonds. The second-order valence-electron chi connectivity index (χ2n) is 5.45. The smallest absolute Gasteiger partial charge is 0.258 e. The first kappa shape index (κ1) is 15.2. The van der Waals surface area contributed by atoms with Gasteiger partial charge in [-0.3, -0.25) is 4.79 Å². The van der Waals surface area contributed by atoms with Crippen LogP contribution in [0.1, 0.15) is 21.8 Å². The Hall–Kier alpha value is -2.71. The number of aliphatic hydroxyl groups excluding tert-OH is 1. The molecule has 1 saturated heterocycles. The lowest BCUT2D eigenvalue weighted by molar-refractivity contribution is -0.00618. The van der Waals surface area contributed by atoms with E-state index < -0.39 is 23.8 Å². The summed E-state index contributed by atoms with van der Waals surface area (Å²) in [5, 5.41) is 19.1. The molecule has 23 heavy (non-hydrogen) atoms. The molecule has 0 radical (unpaired) electrons. The van der Waals surface area contributed by atoms with Crippen LogP contribution in [0.25, 0.3) is 0 Å². The fourth-order valence-electron chi connectivity index (χ4n) is 3.14. The van der Waals surface area contributed by atoms with Gasteiger partial charge >= 0.3 is 0 Å². The van der Waals surface area contributed by atoms with Crippen LogP contribution in [0, 0.1) is 17.1 Å². The molecule has 0 aromatic heterocycles. The van der Waals surface area contributed by atoms with E-state index in [2.05, 4.69) is 6.07 Å². The summed E-state index contributed by atoms with van der Waals surface area (Å²) in [5.41, 5.74) is 0.799. The van der Waals surface area contributed by atoms with Gasteiger partial charge in [-0.15, -0.1) is 0 Å². The number of hydrogen-bond donors (Lipinski definition) is 1. The van der Waals surface area contributed by atoms with Crippen molar-refractivity contribution in [3.8, 4) is 6.07 Å². The number of carbonyl (C=O) groups excluding carboxylic acids is 1. The van der Waals surface area contributed by atoms with Crippen molar-refractivity contribution >= 4 is 5.91 Å². The van der Waals surface area contributed by atoms with Crippen molar-refractivity contribution in [2.24, 2.45) is 0 Å². The Balaban J connectivity index is 1.93. The fourth-order valence-corrected chi connectivity index (χ4v) is 3.14. The molecule has 3 rings (SSSR count). The number of nitriles is 1. The Labute approximate surface area is 133 Å². The van der Waals surface area contributed by atoms with Crippen LogP contribution in [0.3, 0.4) is 0 Å². The summed E-state index contributed by atoms with van der Waals surface area (Å²) in [5.74, 6) is -1.48. The van der Waals surface area contributed by atoms with Crippen LogP contribution in [0.15, 0.2) is 54.6 Å². The summed E-state index contributed by atoms with van der Waals surface area (Å²) in [4.78, 5) is 13.9. The van der Waals surface area contributed by atoms with Gasteiger partial charge in [-0.05, 0) is 17.7 Å². The van der Waals surface area contributed by atoms with Gasteiger partial charge in [0.05, 0.1) is 24.3 Å². The number of aliphatic hydroxyl groups is 1. The van der Waals surface area contributed by atoms with Gasteiger partial charge in [0.1, 0.15) is 11.9 Å². The third-order valence-electron chi connectivity index (χ3n) is 4.25. The van der Waals surface area contributed by atoms with Gasteiger partial charge in [0, 0.05) is 5.92 Å². The first-order valence-electron chi connectivity index (χ1n) is 7.31. The van der Waals surface area contributed by atoms with Crippen molar-refractivity contribution in [1.82, 2.24) is 4.90 Å². The van der Waals surface area contributed by atoms with Crippen LogP contribution in [0.4, 0.5) is 4.39 Å². The van der Waals surface area contributed by atoms with Gasteiger partial charge in [0.15, 0.2) is 0 Å². The number of amides is 1. The number of nitrogens with zero attached hydrogens (tertiary/aromatic N) is 2. The highest BCUT2D eigenvalue weighted by Gasteiger charge is 2.52. The predicted molar refractivity (Wildman–Crippen MR) is 82.0 cm³/mol. The molecular weight excluding hydrogens is 295 g/mol. The minimum atomic E-state index is -0.721. The van der Waals surface area contributed by atoms with Gasteiger partial charge < -0.3 is 10.0 Å². The van der Waals surface area contributed by atoms with Crippen LogP contribution in [0.5, 0.6) is 0 Å². The molecule has 1 aliphatic heterocycles. The van der Waals surface area contributed by atoms with E-state index in [0.29, 0.717) is 0 Å². The highest BCUT2D eigenvalue weighted by atomic mass is 19.1. The van der Waals surface area contributed by atoms with E-state index in [1.807, 2.05) is 30.3 Å². The Kier molecular flexibility index (Phi) is 4.09. The molecule has 1 aliphatic rings. The van der Waals surface area contributed by atoms with Crippen molar-refractivity contribution in [2.75, 3.05) is 6.61 Å². The lowest BCUT2D eigenvalue weighted by Gasteiger charge is -2.51.